The van der Waals surface area contributed by atoms with Crippen molar-refractivity contribution in [3.05, 3.63) is 35.3 Å². The van der Waals surface area contributed by atoms with Crippen LogP contribution in [0.5, 0.6) is 0 Å². The van der Waals surface area contributed by atoms with Crippen molar-refractivity contribution in [3.63, 3.8) is 0 Å². The number of amides is 1. The van der Waals surface area contributed by atoms with Crippen molar-refractivity contribution in [1.29, 1.82) is 0 Å². The molecule has 23 heavy (non-hydrogen) atoms. The van der Waals surface area contributed by atoms with Gasteiger partial charge in [-0.15, -0.1) is 10.2 Å². The number of hydrogen-bond acceptors (Lipinski definition) is 6. The Morgan fingerprint density at radius 3 is 2.74 bits per heavy atom. The average Bonchev–Trinajstić information content (AvgIpc) is 3.26. The van der Waals surface area contributed by atoms with Gasteiger partial charge in [0.15, 0.2) is 4.34 Å². The number of benzene rings is 1. The summed E-state index contributed by atoms with van der Waals surface area (Å²) in [5.41, 5.74) is 3.83. The second kappa shape index (κ2) is 8.42. The Morgan fingerprint density at radius 1 is 1.26 bits per heavy atom. The van der Waals surface area contributed by atoms with E-state index in [1.54, 1.807) is 5.51 Å². The normalized spacial score (nSPS) is 15.0. The van der Waals surface area contributed by atoms with Crippen LogP contribution in [0.3, 0.4) is 0 Å². The van der Waals surface area contributed by atoms with Crippen molar-refractivity contribution < 1.29 is 4.79 Å². The smallest absolute Gasteiger partial charge is 0.234 e. The molecular formula is C16H20N4OS2. The third kappa shape index (κ3) is 5.30. The first-order chi connectivity index (χ1) is 11.3. The van der Waals surface area contributed by atoms with Crippen LogP contribution in [0.25, 0.3) is 0 Å². The zero-order chi connectivity index (χ0) is 15.9. The zero-order valence-electron chi connectivity index (χ0n) is 12.9. The molecule has 0 radical (unpaired) electrons. The van der Waals surface area contributed by atoms with Crippen molar-refractivity contribution in [2.75, 3.05) is 30.7 Å². The second-order valence-corrected chi connectivity index (χ2v) is 7.59. The molecule has 5 nitrogen and oxygen atoms in total. The van der Waals surface area contributed by atoms with Crippen LogP contribution in [0.15, 0.2) is 34.1 Å². The molecule has 0 atom stereocenters. The van der Waals surface area contributed by atoms with Crippen molar-refractivity contribution in [2.45, 2.75) is 23.6 Å². The molecule has 0 unspecified atom stereocenters. The molecule has 1 N–H and O–H groups in total. The van der Waals surface area contributed by atoms with E-state index in [0.29, 0.717) is 5.75 Å². The first kappa shape index (κ1) is 16.4. The standard InChI is InChI=1S/C16H20N4OS2/c21-15(11-22-16-19-17-12-23-16)18-14-5-3-13(4-6-14)7-10-20-8-1-2-9-20/h3-6,12H,1-2,7-11H2,(H,18,21). The second-order valence-electron chi connectivity index (χ2n) is 5.54. The molecule has 1 aromatic carbocycles. The number of nitrogens with zero attached hydrogens (tertiary/aromatic N) is 3. The maximum Gasteiger partial charge on any atom is 0.234 e. The number of carbonyl (C=O) groups is 1. The third-order valence-corrected chi connectivity index (χ3v) is 5.68. The van der Waals surface area contributed by atoms with Crippen molar-refractivity contribution in [1.82, 2.24) is 15.1 Å². The molecule has 2 heterocycles. The van der Waals surface area contributed by atoms with Gasteiger partial charge in [-0.3, -0.25) is 4.79 Å². The SMILES string of the molecule is O=C(CSc1nncs1)Nc1ccc(CCN2CCCC2)cc1. The van der Waals surface area contributed by atoms with Crippen LogP contribution in [0.1, 0.15) is 18.4 Å². The third-order valence-electron chi connectivity index (χ3n) is 3.82. The lowest BCUT2D eigenvalue weighted by atomic mass is 10.1. The maximum absolute atomic E-state index is 11.9. The van der Waals surface area contributed by atoms with E-state index in [2.05, 4.69) is 32.5 Å². The van der Waals surface area contributed by atoms with Crippen molar-refractivity contribution in [3.8, 4) is 0 Å². The molecule has 7 heteroatoms. The lowest BCUT2D eigenvalue weighted by Crippen LogP contribution is -2.21. The fourth-order valence-corrected chi connectivity index (χ4v) is 3.89. The molecule has 3 rings (SSSR count). The van der Waals surface area contributed by atoms with Gasteiger partial charge in [0.1, 0.15) is 5.51 Å². The molecule has 0 aliphatic carbocycles. The number of carbonyl (C=O) groups excluding carboxylic acids is 1. The Morgan fingerprint density at radius 2 is 2.04 bits per heavy atom. The topological polar surface area (TPSA) is 58.1 Å². The zero-order valence-corrected chi connectivity index (χ0v) is 14.5. The van der Waals surface area contributed by atoms with E-state index in [-0.39, 0.29) is 5.91 Å². The summed E-state index contributed by atoms with van der Waals surface area (Å²) in [5, 5.41) is 10.6. The van der Waals surface area contributed by atoms with Crippen LogP contribution in [0.2, 0.25) is 0 Å². The first-order valence-corrected chi connectivity index (χ1v) is 9.66. The number of thioether (sulfide) groups is 1. The summed E-state index contributed by atoms with van der Waals surface area (Å²) in [6.07, 6.45) is 3.74. The van der Waals surface area contributed by atoms with Crippen LogP contribution in [0.4, 0.5) is 5.69 Å². The van der Waals surface area contributed by atoms with Gasteiger partial charge < -0.3 is 10.2 Å². The molecule has 122 valence electrons. The van der Waals surface area contributed by atoms with Crippen LogP contribution in [-0.4, -0.2) is 46.4 Å². The van der Waals surface area contributed by atoms with Gasteiger partial charge >= 0.3 is 0 Å². The predicted molar refractivity (Wildman–Crippen MR) is 95.1 cm³/mol. The van der Waals surface area contributed by atoms with E-state index < -0.39 is 0 Å². The molecular weight excluding hydrogens is 328 g/mol. The molecule has 1 aromatic heterocycles. The van der Waals surface area contributed by atoms with E-state index in [1.165, 1.54) is 54.6 Å². The van der Waals surface area contributed by atoms with E-state index in [1.807, 2.05) is 12.1 Å². The number of nitrogens with one attached hydrogen (secondary N) is 1. The number of hydrogen-bond donors (Lipinski definition) is 1. The summed E-state index contributed by atoms with van der Waals surface area (Å²) in [6, 6.07) is 8.16. The molecule has 1 fully saturated rings. The maximum atomic E-state index is 11.9. The van der Waals surface area contributed by atoms with Gasteiger partial charge in [-0.2, -0.15) is 0 Å². The number of aromatic nitrogens is 2. The van der Waals surface area contributed by atoms with Crippen molar-refractivity contribution >= 4 is 34.7 Å². The van der Waals surface area contributed by atoms with Crippen LogP contribution < -0.4 is 5.32 Å². The van der Waals surface area contributed by atoms with Gasteiger partial charge in [0, 0.05) is 12.2 Å². The van der Waals surface area contributed by atoms with E-state index in [0.717, 1.165) is 23.0 Å². The molecule has 1 saturated heterocycles. The minimum absolute atomic E-state index is 0.0185. The van der Waals surface area contributed by atoms with Gasteiger partial charge in [0.2, 0.25) is 5.91 Å². The fourth-order valence-electron chi connectivity index (χ4n) is 2.60. The quantitative estimate of drug-likeness (QED) is 0.780. The van der Waals surface area contributed by atoms with Gasteiger partial charge in [-0.25, -0.2) is 0 Å². The summed E-state index contributed by atoms with van der Waals surface area (Å²) >= 11 is 2.85. The Labute approximate surface area is 144 Å². The number of anilines is 1. The molecule has 0 saturated carbocycles. The summed E-state index contributed by atoms with van der Waals surface area (Å²) < 4.78 is 0.817. The highest BCUT2D eigenvalue weighted by Crippen LogP contribution is 2.19. The highest BCUT2D eigenvalue weighted by Gasteiger charge is 2.11. The van der Waals surface area contributed by atoms with Crippen molar-refractivity contribution in [2.24, 2.45) is 0 Å². The van der Waals surface area contributed by atoms with Gasteiger partial charge in [-0.05, 0) is 50.0 Å². The van der Waals surface area contributed by atoms with Crippen LogP contribution in [0, 0.1) is 0 Å². The van der Waals surface area contributed by atoms with E-state index in [9.17, 15) is 4.79 Å². The molecule has 1 amide bonds. The number of likely N-dealkylation sites (tertiary alicyclic amines) is 1. The summed E-state index contributed by atoms with van der Waals surface area (Å²) in [7, 11) is 0. The Balaban J connectivity index is 1.42. The number of rotatable bonds is 7. The Hall–Kier alpha value is -1.44. The predicted octanol–water partition coefficient (Wildman–Crippen LogP) is 2.91. The fraction of sp³-hybridized carbons (Fsp3) is 0.438. The van der Waals surface area contributed by atoms with Crippen LogP contribution >= 0.6 is 23.1 Å². The average molecular weight is 348 g/mol. The van der Waals surface area contributed by atoms with Crippen LogP contribution in [-0.2, 0) is 11.2 Å². The highest BCUT2D eigenvalue weighted by atomic mass is 32.2. The molecule has 2 aromatic rings. The molecule has 1 aliphatic heterocycles. The van der Waals surface area contributed by atoms with E-state index >= 15 is 0 Å². The lowest BCUT2D eigenvalue weighted by molar-refractivity contribution is -0.113. The first-order valence-electron chi connectivity index (χ1n) is 7.80. The highest BCUT2D eigenvalue weighted by molar-refractivity contribution is 8.01. The van der Waals surface area contributed by atoms with Gasteiger partial charge in [0.05, 0.1) is 5.75 Å². The van der Waals surface area contributed by atoms with Gasteiger partial charge in [-0.1, -0.05) is 35.2 Å². The Bertz CT molecular complexity index is 610. The molecule has 0 spiro atoms. The van der Waals surface area contributed by atoms with E-state index in [4.69, 9.17) is 0 Å². The summed E-state index contributed by atoms with van der Waals surface area (Å²) in [5.74, 6) is 0.335. The monoisotopic (exact) mass is 348 g/mol. The Kier molecular flexibility index (Phi) is 6.01. The van der Waals surface area contributed by atoms with Gasteiger partial charge in [0.25, 0.3) is 0 Å². The summed E-state index contributed by atoms with van der Waals surface area (Å²) in [6.45, 7) is 3.60. The minimum atomic E-state index is -0.0185. The summed E-state index contributed by atoms with van der Waals surface area (Å²) in [4.78, 5) is 14.4. The largest absolute Gasteiger partial charge is 0.325 e. The molecule has 1 aliphatic rings. The molecule has 0 bridgehead atoms. The minimum Gasteiger partial charge on any atom is -0.325 e. The lowest BCUT2D eigenvalue weighted by Gasteiger charge is -2.14.